The van der Waals surface area contributed by atoms with Gasteiger partial charge >= 0.3 is 6.18 Å². The maximum atomic E-state index is 15.2. The number of nitrogens with zero attached hydrogens (tertiary/aromatic N) is 3. The predicted molar refractivity (Wildman–Crippen MR) is 194 cm³/mol. The fourth-order valence-electron chi connectivity index (χ4n) is 8.72. The first-order valence-electron chi connectivity index (χ1n) is 16.6. The molecule has 1 saturated carbocycles. The van der Waals surface area contributed by atoms with Crippen molar-refractivity contribution in [2.45, 2.75) is 30.4 Å². The molecule has 2 N–H and O–H groups in total. The number of halogens is 7. The molecular weight excluding hydrogens is 791 g/mol. The third kappa shape index (κ3) is 5.48. The molecule has 0 radical (unpaired) electrons. The maximum Gasteiger partial charge on any atom is 0.417 e. The Hall–Kier alpha value is -4.62. The van der Waals surface area contributed by atoms with E-state index < -0.39 is 75.4 Å². The molecule has 4 aliphatic rings. The Bertz CT molecular complexity index is 2310. The summed E-state index contributed by atoms with van der Waals surface area (Å²) >= 11 is 25.5. The molecule has 0 bridgehead atoms. The molecule has 2 aliphatic carbocycles. The number of aromatic hydroxyl groups is 1. The second-order valence-corrected chi connectivity index (χ2v) is 15.3. The maximum absolute atomic E-state index is 15.2. The molecule has 3 heterocycles. The lowest BCUT2D eigenvalue weighted by Gasteiger charge is -2.50. The Balaban J connectivity index is 1.31. The molecule has 9 nitrogen and oxygen atoms in total. The van der Waals surface area contributed by atoms with Crippen LogP contribution in [0.5, 0.6) is 5.75 Å². The van der Waals surface area contributed by atoms with Crippen LogP contribution in [0.2, 0.25) is 20.1 Å². The van der Waals surface area contributed by atoms with Gasteiger partial charge in [-0.25, -0.2) is 4.98 Å². The number of rotatable bonds is 5. The smallest absolute Gasteiger partial charge is 0.417 e. The number of alkyl halides is 3. The first kappa shape index (κ1) is 36.4. The van der Waals surface area contributed by atoms with E-state index in [9.17, 15) is 32.7 Å². The molecule has 0 unspecified atom stereocenters. The third-order valence-electron chi connectivity index (χ3n) is 10.9. The van der Waals surface area contributed by atoms with Crippen LogP contribution in [-0.4, -0.2) is 38.7 Å². The highest BCUT2D eigenvalue weighted by atomic mass is 35.5. The first-order chi connectivity index (χ1) is 25.6. The lowest BCUT2D eigenvalue weighted by molar-refractivity contribution is -0.139. The van der Waals surface area contributed by atoms with Crippen LogP contribution in [-0.2, 0) is 30.8 Å². The van der Waals surface area contributed by atoms with Crippen molar-refractivity contribution in [1.82, 2.24) is 9.99 Å². The molecule has 2 aliphatic heterocycles. The zero-order valence-electron chi connectivity index (χ0n) is 27.5. The molecule has 4 aromatic rings. The number of anilines is 2. The Morgan fingerprint density at radius 2 is 1.48 bits per heavy atom. The van der Waals surface area contributed by atoms with Crippen LogP contribution in [0.1, 0.15) is 35.4 Å². The van der Waals surface area contributed by atoms with Crippen LogP contribution in [0.15, 0.2) is 90.6 Å². The van der Waals surface area contributed by atoms with Crippen molar-refractivity contribution in [3.63, 3.8) is 0 Å². The van der Waals surface area contributed by atoms with Gasteiger partial charge in [-0.2, -0.15) is 18.2 Å². The number of carbonyl (C=O) groups is 4. The van der Waals surface area contributed by atoms with Gasteiger partial charge in [0.25, 0.3) is 11.8 Å². The third-order valence-corrected chi connectivity index (χ3v) is 12.1. The number of allylic oxidation sites excluding steroid dienone is 2. The first-order valence-corrected chi connectivity index (χ1v) is 18.1. The fraction of sp³-hybridized carbons (Fsp3) is 0.237. The van der Waals surface area contributed by atoms with Crippen LogP contribution in [0.4, 0.5) is 24.7 Å². The number of carbonyl (C=O) groups excluding carboxylic acids is 4. The minimum atomic E-state index is -4.76. The number of pyridine rings is 1. The topological polar surface area (TPSA) is 120 Å². The van der Waals surface area contributed by atoms with E-state index in [-0.39, 0.29) is 29.4 Å². The number of phenols is 1. The molecule has 0 spiro atoms. The number of amides is 4. The van der Waals surface area contributed by atoms with E-state index in [4.69, 9.17) is 46.4 Å². The molecule has 276 valence electrons. The van der Waals surface area contributed by atoms with E-state index in [1.165, 1.54) is 18.2 Å². The number of fused-ring (bicyclic) bond motifs is 4. The second-order valence-electron chi connectivity index (χ2n) is 13.6. The minimum Gasteiger partial charge on any atom is -0.508 e. The summed E-state index contributed by atoms with van der Waals surface area (Å²) in [7, 11) is 0. The molecule has 2 saturated heterocycles. The number of hydrogen-bond acceptors (Lipinski definition) is 7. The number of benzene rings is 3. The van der Waals surface area contributed by atoms with E-state index in [1.807, 2.05) is 6.08 Å². The Morgan fingerprint density at radius 3 is 2.11 bits per heavy atom. The quantitative estimate of drug-likeness (QED) is 0.153. The highest BCUT2D eigenvalue weighted by molar-refractivity contribution is 6.33. The van der Waals surface area contributed by atoms with Gasteiger partial charge in [-0.1, -0.05) is 76.3 Å². The van der Waals surface area contributed by atoms with E-state index in [0.717, 1.165) is 4.90 Å². The SMILES string of the molecule is O=C1[C@@H]2C[C@@H]3C(=CC[C@@H]4C(=O)N(c5ccc(Cl)cc5)C(=O)[C@@H]43)[C@H](c3ccc(O)cc3Cl)[C@]2(c2ccc(Cl)cc2)C(=O)N1Nc1ncc(C(F)(F)F)cc1Cl. The summed E-state index contributed by atoms with van der Waals surface area (Å²) in [6, 6.07) is 17.4. The molecule has 4 amide bonds. The van der Waals surface area contributed by atoms with Crippen molar-refractivity contribution in [3.05, 3.63) is 127 Å². The molecule has 3 aromatic carbocycles. The molecule has 3 fully saturated rings. The van der Waals surface area contributed by atoms with E-state index in [2.05, 4.69) is 10.4 Å². The number of aromatic nitrogens is 1. The van der Waals surface area contributed by atoms with Crippen molar-refractivity contribution in [2.24, 2.45) is 23.7 Å². The number of hydrazine groups is 1. The van der Waals surface area contributed by atoms with Crippen LogP contribution in [0.25, 0.3) is 0 Å². The van der Waals surface area contributed by atoms with E-state index >= 15 is 4.79 Å². The molecule has 1 aromatic heterocycles. The second kappa shape index (κ2) is 13.0. The lowest BCUT2D eigenvalue weighted by atomic mass is 9.49. The zero-order chi connectivity index (χ0) is 38.4. The van der Waals surface area contributed by atoms with Crippen LogP contribution in [0, 0.1) is 23.7 Å². The highest BCUT2D eigenvalue weighted by Crippen LogP contribution is 2.65. The standard InChI is InChI=1S/C38H25Cl4F3N4O5/c39-19-3-1-17(2-4-19)37-27(34(52)49(36(37)54)47-32-29(42)13-18(16-46-32)38(43,44)45)15-26-23(31(37)24-10-9-22(50)14-28(24)41)11-12-25-30(26)35(53)48(33(25)51)21-7-5-20(40)6-8-21/h1-11,13-14,16,25-27,30-31,50H,12,15H2,(H,46,47)/t25-,26+,27-,30-,31+,37+/m0/s1. The average Bonchev–Trinajstić information content (AvgIpc) is 3.50. The normalized spacial score (nSPS) is 26.4. The van der Waals surface area contributed by atoms with Gasteiger partial charge in [-0.15, -0.1) is 0 Å². The summed E-state index contributed by atoms with van der Waals surface area (Å²) in [4.78, 5) is 63.3. The van der Waals surface area contributed by atoms with Gasteiger partial charge < -0.3 is 5.11 Å². The lowest BCUT2D eigenvalue weighted by Crippen LogP contribution is -2.53. The van der Waals surface area contributed by atoms with Gasteiger partial charge in [-0.05, 0) is 84.5 Å². The highest BCUT2D eigenvalue weighted by Gasteiger charge is 2.70. The van der Waals surface area contributed by atoms with Gasteiger partial charge in [0.15, 0.2) is 5.82 Å². The number of imide groups is 2. The van der Waals surface area contributed by atoms with Crippen LogP contribution >= 0.6 is 46.4 Å². The van der Waals surface area contributed by atoms with Crippen molar-refractivity contribution < 1.29 is 37.5 Å². The summed E-state index contributed by atoms with van der Waals surface area (Å²) in [5.74, 6) is -7.76. The molecular formula is C38H25Cl4F3N4O5. The summed E-state index contributed by atoms with van der Waals surface area (Å²) in [5.41, 5.74) is 1.29. The zero-order valence-corrected chi connectivity index (χ0v) is 30.5. The van der Waals surface area contributed by atoms with Crippen molar-refractivity contribution in [1.29, 1.82) is 0 Å². The average molecular weight is 816 g/mol. The van der Waals surface area contributed by atoms with Crippen molar-refractivity contribution >= 4 is 81.5 Å². The van der Waals surface area contributed by atoms with Gasteiger partial charge in [0.1, 0.15) is 5.75 Å². The molecule has 54 heavy (non-hydrogen) atoms. The van der Waals surface area contributed by atoms with Crippen molar-refractivity contribution in [3.8, 4) is 5.75 Å². The predicted octanol–water partition coefficient (Wildman–Crippen LogP) is 8.61. The number of hydrogen-bond donors (Lipinski definition) is 2. The van der Waals surface area contributed by atoms with Gasteiger partial charge in [0.2, 0.25) is 11.8 Å². The fourth-order valence-corrected chi connectivity index (χ4v) is 9.47. The van der Waals surface area contributed by atoms with Gasteiger partial charge in [0, 0.05) is 27.2 Å². The summed E-state index contributed by atoms with van der Waals surface area (Å²) in [6.07, 6.45) is -2.36. The van der Waals surface area contributed by atoms with Crippen LogP contribution < -0.4 is 10.3 Å². The Labute approximate surface area is 325 Å². The largest absolute Gasteiger partial charge is 0.508 e. The Morgan fingerprint density at radius 1 is 0.815 bits per heavy atom. The van der Waals surface area contributed by atoms with Crippen LogP contribution in [0.3, 0.4) is 0 Å². The summed E-state index contributed by atoms with van der Waals surface area (Å²) in [5, 5.41) is 11.4. The molecule has 16 heteroatoms. The summed E-state index contributed by atoms with van der Waals surface area (Å²) < 4.78 is 40.4. The minimum absolute atomic E-state index is 0.0616. The van der Waals surface area contributed by atoms with Gasteiger partial charge in [0.05, 0.1) is 39.4 Å². The number of nitrogens with one attached hydrogen (secondary N) is 1. The van der Waals surface area contributed by atoms with E-state index in [1.54, 1.807) is 48.5 Å². The molecule has 8 rings (SSSR count). The van der Waals surface area contributed by atoms with E-state index in [0.29, 0.717) is 49.7 Å². The number of phenolic OH excluding ortho intramolecular Hbond substituents is 1. The monoisotopic (exact) mass is 814 g/mol. The Kier molecular flexibility index (Phi) is 8.76. The summed E-state index contributed by atoms with van der Waals surface area (Å²) in [6.45, 7) is 0. The van der Waals surface area contributed by atoms with Crippen molar-refractivity contribution in [2.75, 3.05) is 10.3 Å². The van der Waals surface area contributed by atoms with Gasteiger partial charge in [-0.3, -0.25) is 29.5 Å². The molecule has 6 atom stereocenters.